The third-order valence-corrected chi connectivity index (χ3v) is 2.18. The summed E-state index contributed by atoms with van der Waals surface area (Å²) in [6.07, 6.45) is 0. The molecular formula is C10H8ClNO. The van der Waals surface area contributed by atoms with Crippen LogP contribution < -0.4 is 0 Å². The van der Waals surface area contributed by atoms with Crippen LogP contribution in [0.1, 0.15) is 5.56 Å². The van der Waals surface area contributed by atoms with Crippen LogP contribution in [-0.4, -0.2) is 10.1 Å². The lowest BCUT2D eigenvalue weighted by Crippen LogP contribution is -1.81. The number of hydrogen-bond donors (Lipinski definition) is 1. The van der Waals surface area contributed by atoms with E-state index < -0.39 is 0 Å². The van der Waals surface area contributed by atoms with Crippen LogP contribution in [0.5, 0.6) is 5.75 Å². The Kier molecular flexibility index (Phi) is 1.85. The van der Waals surface area contributed by atoms with Gasteiger partial charge in [-0.25, -0.2) is 4.98 Å². The van der Waals surface area contributed by atoms with Crippen molar-refractivity contribution in [3.63, 3.8) is 0 Å². The number of aryl methyl sites for hydroxylation is 1. The maximum atomic E-state index is 9.43. The van der Waals surface area contributed by atoms with Crippen LogP contribution in [0.3, 0.4) is 0 Å². The molecule has 0 atom stereocenters. The van der Waals surface area contributed by atoms with Crippen LogP contribution in [-0.2, 0) is 0 Å². The first kappa shape index (κ1) is 8.32. The topological polar surface area (TPSA) is 33.1 Å². The summed E-state index contributed by atoms with van der Waals surface area (Å²) in [7, 11) is 0. The van der Waals surface area contributed by atoms with Gasteiger partial charge in [0.2, 0.25) is 0 Å². The van der Waals surface area contributed by atoms with Gasteiger partial charge in [0.1, 0.15) is 10.9 Å². The lowest BCUT2D eigenvalue weighted by molar-refractivity contribution is 0.472. The van der Waals surface area contributed by atoms with Crippen molar-refractivity contribution < 1.29 is 5.11 Å². The van der Waals surface area contributed by atoms with E-state index in [0.29, 0.717) is 5.15 Å². The molecule has 0 amide bonds. The Morgan fingerprint density at radius 3 is 2.85 bits per heavy atom. The molecule has 0 bridgehead atoms. The molecule has 1 aromatic heterocycles. The predicted octanol–water partition coefficient (Wildman–Crippen LogP) is 2.90. The highest BCUT2D eigenvalue weighted by molar-refractivity contribution is 6.29. The fourth-order valence-corrected chi connectivity index (χ4v) is 1.39. The second-order valence-corrected chi connectivity index (χ2v) is 3.35. The Balaban J connectivity index is 2.81. The molecule has 0 radical (unpaired) electrons. The molecule has 1 heterocycles. The summed E-state index contributed by atoms with van der Waals surface area (Å²) in [5.41, 5.74) is 1.62. The molecule has 3 heteroatoms. The molecular weight excluding hydrogens is 186 g/mol. The minimum atomic E-state index is 0.289. The smallest absolute Gasteiger partial charge is 0.129 e. The largest absolute Gasteiger partial charge is 0.508 e. The highest BCUT2D eigenvalue weighted by atomic mass is 35.5. The molecule has 1 N–H and O–H groups in total. The molecule has 2 aromatic rings. The van der Waals surface area contributed by atoms with Crippen LogP contribution >= 0.6 is 11.6 Å². The van der Waals surface area contributed by atoms with E-state index in [1.165, 1.54) is 0 Å². The Morgan fingerprint density at radius 1 is 1.31 bits per heavy atom. The van der Waals surface area contributed by atoms with Gasteiger partial charge in [-0.2, -0.15) is 0 Å². The fourth-order valence-electron chi connectivity index (χ4n) is 1.24. The van der Waals surface area contributed by atoms with Gasteiger partial charge in [0, 0.05) is 5.39 Å². The zero-order valence-electron chi connectivity index (χ0n) is 7.08. The molecule has 13 heavy (non-hydrogen) atoms. The van der Waals surface area contributed by atoms with Crippen molar-refractivity contribution in [1.29, 1.82) is 0 Å². The molecule has 2 rings (SSSR count). The first-order valence-electron chi connectivity index (χ1n) is 3.93. The van der Waals surface area contributed by atoms with E-state index in [1.807, 2.05) is 19.1 Å². The molecule has 1 aromatic carbocycles. The number of fused-ring (bicyclic) bond motifs is 1. The number of hydrogen-bond acceptors (Lipinski definition) is 2. The standard InChI is InChI=1S/C10H8ClNO/c1-6-4-8-7(5-9(6)13)2-3-10(11)12-8/h2-5,13H,1H3. The summed E-state index contributed by atoms with van der Waals surface area (Å²) >= 11 is 5.74. The average Bonchev–Trinajstić information content (AvgIpc) is 2.08. The zero-order chi connectivity index (χ0) is 9.42. The van der Waals surface area contributed by atoms with Crippen molar-refractivity contribution >= 4 is 22.5 Å². The Labute approximate surface area is 80.8 Å². The molecule has 0 saturated carbocycles. The number of pyridine rings is 1. The van der Waals surface area contributed by atoms with Gasteiger partial charge in [0.05, 0.1) is 5.52 Å². The molecule has 0 unspecified atom stereocenters. The SMILES string of the molecule is Cc1cc2nc(Cl)ccc2cc1O. The Morgan fingerprint density at radius 2 is 2.08 bits per heavy atom. The summed E-state index contributed by atoms with van der Waals surface area (Å²) in [4.78, 5) is 4.13. The first-order valence-corrected chi connectivity index (χ1v) is 4.30. The van der Waals surface area contributed by atoms with E-state index in [2.05, 4.69) is 4.98 Å². The van der Waals surface area contributed by atoms with Gasteiger partial charge in [-0.3, -0.25) is 0 Å². The maximum absolute atomic E-state index is 9.43. The molecule has 0 spiro atoms. The van der Waals surface area contributed by atoms with Gasteiger partial charge in [-0.05, 0) is 36.8 Å². The van der Waals surface area contributed by atoms with Gasteiger partial charge in [-0.1, -0.05) is 11.6 Å². The number of benzene rings is 1. The minimum absolute atomic E-state index is 0.289. The number of aromatic nitrogens is 1. The summed E-state index contributed by atoms with van der Waals surface area (Å²) in [6.45, 7) is 1.83. The van der Waals surface area contributed by atoms with Crippen LogP contribution in [0.15, 0.2) is 24.3 Å². The van der Waals surface area contributed by atoms with Gasteiger partial charge in [0.15, 0.2) is 0 Å². The lowest BCUT2D eigenvalue weighted by atomic mass is 10.1. The lowest BCUT2D eigenvalue weighted by Gasteiger charge is -2.01. The number of halogens is 1. The number of nitrogens with zero attached hydrogens (tertiary/aromatic N) is 1. The molecule has 0 saturated heterocycles. The normalized spacial score (nSPS) is 10.6. The third kappa shape index (κ3) is 1.45. The summed E-state index contributed by atoms with van der Waals surface area (Å²) in [5.74, 6) is 0.289. The molecule has 66 valence electrons. The quantitative estimate of drug-likeness (QED) is 0.653. The van der Waals surface area contributed by atoms with Crippen molar-refractivity contribution in [2.45, 2.75) is 6.92 Å². The van der Waals surface area contributed by atoms with Gasteiger partial charge in [-0.15, -0.1) is 0 Å². The van der Waals surface area contributed by atoms with Crippen LogP contribution in [0.4, 0.5) is 0 Å². The van der Waals surface area contributed by atoms with Crippen LogP contribution in [0.25, 0.3) is 10.9 Å². The molecule has 0 fully saturated rings. The second-order valence-electron chi connectivity index (χ2n) is 2.97. The third-order valence-electron chi connectivity index (χ3n) is 1.97. The number of phenolic OH excluding ortho intramolecular Hbond substituents is 1. The van der Waals surface area contributed by atoms with Crippen LogP contribution in [0, 0.1) is 6.92 Å². The van der Waals surface area contributed by atoms with E-state index >= 15 is 0 Å². The van der Waals surface area contributed by atoms with Crippen LogP contribution in [0.2, 0.25) is 5.15 Å². The van der Waals surface area contributed by atoms with Gasteiger partial charge in [0.25, 0.3) is 0 Å². The fraction of sp³-hybridized carbons (Fsp3) is 0.100. The van der Waals surface area contributed by atoms with E-state index in [-0.39, 0.29) is 5.75 Å². The van der Waals surface area contributed by atoms with E-state index in [1.54, 1.807) is 12.1 Å². The van der Waals surface area contributed by atoms with Crippen molar-refractivity contribution in [2.75, 3.05) is 0 Å². The molecule has 0 aliphatic carbocycles. The van der Waals surface area contributed by atoms with Crippen molar-refractivity contribution in [1.82, 2.24) is 4.98 Å². The van der Waals surface area contributed by atoms with Gasteiger partial charge < -0.3 is 5.11 Å². The maximum Gasteiger partial charge on any atom is 0.129 e. The molecule has 0 aliphatic heterocycles. The summed E-state index contributed by atoms with van der Waals surface area (Å²) < 4.78 is 0. The Hall–Kier alpha value is -1.28. The van der Waals surface area contributed by atoms with E-state index in [9.17, 15) is 5.11 Å². The summed E-state index contributed by atoms with van der Waals surface area (Å²) in [5, 5.41) is 10.8. The summed E-state index contributed by atoms with van der Waals surface area (Å²) in [6, 6.07) is 7.05. The number of phenols is 1. The second kappa shape index (κ2) is 2.89. The zero-order valence-corrected chi connectivity index (χ0v) is 7.84. The highest BCUT2D eigenvalue weighted by Crippen LogP contribution is 2.23. The first-order chi connectivity index (χ1) is 6.16. The van der Waals surface area contributed by atoms with E-state index in [0.717, 1.165) is 16.5 Å². The molecule has 2 nitrogen and oxygen atoms in total. The van der Waals surface area contributed by atoms with Crippen molar-refractivity contribution in [3.05, 3.63) is 35.0 Å². The highest BCUT2D eigenvalue weighted by Gasteiger charge is 2.00. The predicted molar refractivity (Wildman–Crippen MR) is 53.2 cm³/mol. The number of aromatic hydroxyl groups is 1. The van der Waals surface area contributed by atoms with Crippen molar-refractivity contribution in [2.24, 2.45) is 0 Å². The van der Waals surface area contributed by atoms with Crippen molar-refractivity contribution in [3.8, 4) is 5.75 Å². The van der Waals surface area contributed by atoms with E-state index in [4.69, 9.17) is 11.6 Å². The monoisotopic (exact) mass is 193 g/mol. The Bertz CT molecular complexity index is 468. The average molecular weight is 194 g/mol. The van der Waals surface area contributed by atoms with Gasteiger partial charge >= 0.3 is 0 Å². The minimum Gasteiger partial charge on any atom is -0.508 e. The molecule has 0 aliphatic rings. The number of rotatable bonds is 0.